The second-order valence-electron chi connectivity index (χ2n) is 7.51. The third-order valence-corrected chi connectivity index (χ3v) is 6.87. The maximum absolute atomic E-state index is 13.4. The second-order valence-corrected chi connectivity index (χ2v) is 9.37. The third-order valence-electron chi connectivity index (χ3n) is 5.09. The molecule has 0 aliphatic rings. The zero-order valence-corrected chi connectivity index (χ0v) is 20.0. The quantitative estimate of drug-likeness (QED) is 0.269. The van der Waals surface area contributed by atoms with Crippen molar-refractivity contribution in [3.05, 3.63) is 102 Å². The van der Waals surface area contributed by atoms with Crippen molar-refractivity contribution in [1.82, 2.24) is 5.43 Å². The lowest BCUT2D eigenvalue weighted by atomic mass is 10.1. The second kappa shape index (κ2) is 11.3. The molecular weight excluding hydrogens is 450 g/mol. The average molecular weight is 478 g/mol. The van der Waals surface area contributed by atoms with Crippen LogP contribution in [-0.2, 0) is 14.8 Å². The minimum atomic E-state index is -3.98. The summed E-state index contributed by atoms with van der Waals surface area (Å²) in [4.78, 5) is 12.8. The summed E-state index contributed by atoms with van der Waals surface area (Å²) >= 11 is 0. The van der Waals surface area contributed by atoms with E-state index in [1.165, 1.54) is 18.3 Å². The van der Waals surface area contributed by atoms with Crippen molar-refractivity contribution in [2.24, 2.45) is 5.10 Å². The molecule has 0 fully saturated rings. The van der Waals surface area contributed by atoms with E-state index in [4.69, 9.17) is 4.74 Å². The summed E-state index contributed by atoms with van der Waals surface area (Å²) in [7, 11) is -3.98. The van der Waals surface area contributed by atoms with Crippen LogP contribution in [0.1, 0.15) is 16.7 Å². The van der Waals surface area contributed by atoms with Crippen molar-refractivity contribution in [3.8, 4) is 5.75 Å². The molecule has 3 rings (SSSR count). The summed E-state index contributed by atoms with van der Waals surface area (Å²) in [5.74, 6) is 0.0703. The smallest absolute Gasteiger partial charge is 0.264 e. The number of hydrazone groups is 1. The number of carbonyl (C=O) groups excluding carboxylic acids is 1. The number of hydrogen-bond donors (Lipinski definition) is 1. The van der Waals surface area contributed by atoms with E-state index in [0.29, 0.717) is 23.6 Å². The van der Waals surface area contributed by atoms with Gasteiger partial charge in [-0.2, -0.15) is 5.10 Å². The molecule has 176 valence electrons. The number of amides is 1. The first-order chi connectivity index (χ1) is 16.3. The van der Waals surface area contributed by atoms with E-state index in [9.17, 15) is 13.2 Å². The molecule has 0 aromatic heterocycles. The van der Waals surface area contributed by atoms with Crippen LogP contribution in [0.5, 0.6) is 5.75 Å². The summed E-state index contributed by atoms with van der Waals surface area (Å²) in [5, 5.41) is 3.98. The first-order valence-electron chi connectivity index (χ1n) is 10.6. The predicted molar refractivity (Wildman–Crippen MR) is 135 cm³/mol. The van der Waals surface area contributed by atoms with Gasteiger partial charge in [-0.25, -0.2) is 13.8 Å². The Bertz CT molecular complexity index is 1290. The fraction of sp³-hybridized carbons (Fsp3) is 0.154. The number of hydrogen-bond acceptors (Lipinski definition) is 5. The van der Waals surface area contributed by atoms with Gasteiger partial charge in [-0.3, -0.25) is 9.10 Å². The van der Waals surface area contributed by atoms with Gasteiger partial charge in [0.05, 0.1) is 16.8 Å². The molecule has 1 N–H and O–H groups in total. The van der Waals surface area contributed by atoms with Crippen LogP contribution >= 0.6 is 0 Å². The first-order valence-corrected chi connectivity index (χ1v) is 12.1. The highest BCUT2D eigenvalue weighted by Crippen LogP contribution is 2.28. The minimum absolute atomic E-state index is 0.101. The molecule has 3 aromatic carbocycles. The third kappa shape index (κ3) is 6.11. The van der Waals surface area contributed by atoms with Crippen molar-refractivity contribution in [2.75, 3.05) is 17.5 Å². The van der Waals surface area contributed by atoms with Crippen LogP contribution in [0, 0.1) is 13.8 Å². The highest BCUT2D eigenvalue weighted by molar-refractivity contribution is 7.92. The summed E-state index contributed by atoms with van der Waals surface area (Å²) in [6.45, 7) is 7.28. The maximum atomic E-state index is 13.4. The van der Waals surface area contributed by atoms with Gasteiger partial charge in [0, 0.05) is 0 Å². The number of ether oxygens (including phenoxy) is 1. The molecule has 0 heterocycles. The standard InChI is InChI=1S/C26H27N3O4S/c1-4-16-33-23-12-9-11-22(17-23)18-27-28-26(30)19-29(25-15-8-10-20(2)21(25)3)34(31,32)24-13-6-5-7-14-24/h4-15,17-18H,1,16,19H2,2-3H3,(H,28,30)/b27-18-. The molecular formula is C26H27N3O4S. The van der Waals surface area contributed by atoms with Crippen LogP contribution in [0.15, 0.2) is 95.4 Å². The van der Waals surface area contributed by atoms with Crippen molar-refractivity contribution in [2.45, 2.75) is 18.7 Å². The van der Waals surface area contributed by atoms with Crippen molar-refractivity contribution < 1.29 is 17.9 Å². The molecule has 0 unspecified atom stereocenters. The topological polar surface area (TPSA) is 88.1 Å². The Labute approximate surface area is 200 Å². The average Bonchev–Trinajstić information content (AvgIpc) is 2.84. The molecule has 0 bridgehead atoms. The molecule has 34 heavy (non-hydrogen) atoms. The van der Waals surface area contributed by atoms with E-state index in [1.807, 2.05) is 19.9 Å². The van der Waals surface area contributed by atoms with Crippen LogP contribution in [-0.4, -0.2) is 33.7 Å². The number of rotatable bonds is 10. The van der Waals surface area contributed by atoms with Crippen LogP contribution < -0.4 is 14.5 Å². The van der Waals surface area contributed by atoms with E-state index >= 15 is 0 Å². The summed E-state index contributed by atoms with van der Waals surface area (Å²) < 4.78 is 33.5. The SMILES string of the molecule is C=CCOc1cccc(/C=N\NC(=O)CN(c2cccc(C)c2C)S(=O)(=O)c2ccccc2)c1. The summed E-state index contributed by atoms with van der Waals surface area (Å²) in [6.07, 6.45) is 3.11. The molecule has 0 saturated heterocycles. The minimum Gasteiger partial charge on any atom is -0.490 e. The van der Waals surface area contributed by atoms with Crippen LogP contribution in [0.4, 0.5) is 5.69 Å². The Balaban J connectivity index is 1.81. The largest absolute Gasteiger partial charge is 0.490 e. The van der Waals surface area contributed by atoms with Gasteiger partial charge in [0.1, 0.15) is 18.9 Å². The van der Waals surface area contributed by atoms with E-state index < -0.39 is 22.5 Å². The maximum Gasteiger partial charge on any atom is 0.264 e. The molecule has 0 atom stereocenters. The Morgan fingerprint density at radius 1 is 1.06 bits per heavy atom. The molecule has 0 aliphatic carbocycles. The number of aryl methyl sites for hydroxylation is 1. The van der Waals surface area contributed by atoms with Gasteiger partial charge in [-0.1, -0.05) is 55.1 Å². The van der Waals surface area contributed by atoms with Gasteiger partial charge >= 0.3 is 0 Å². The van der Waals surface area contributed by atoms with E-state index in [1.54, 1.807) is 60.7 Å². The van der Waals surface area contributed by atoms with Crippen molar-refractivity contribution in [1.29, 1.82) is 0 Å². The van der Waals surface area contributed by atoms with Gasteiger partial charge < -0.3 is 4.74 Å². The van der Waals surface area contributed by atoms with Crippen LogP contribution in [0.25, 0.3) is 0 Å². The lowest BCUT2D eigenvalue weighted by molar-refractivity contribution is -0.119. The number of anilines is 1. The van der Waals surface area contributed by atoms with Gasteiger partial charge in [-0.15, -0.1) is 0 Å². The Hall–Kier alpha value is -3.91. The Kier molecular flexibility index (Phi) is 8.21. The number of sulfonamides is 1. The van der Waals surface area contributed by atoms with E-state index in [2.05, 4.69) is 17.1 Å². The van der Waals surface area contributed by atoms with Crippen molar-refractivity contribution in [3.63, 3.8) is 0 Å². The summed E-state index contributed by atoms with van der Waals surface area (Å²) in [5.41, 5.74) is 5.26. The number of carbonyl (C=O) groups is 1. The Morgan fingerprint density at radius 3 is 2.53 bits per heavy atom. The lowest BCUT2D eigenvalue weighted by Crippen LogP contribution is -2.40. The predicted octanol–water partition coefficient (Wildman–Crippen LogP) is 4.21. The number of nitrogens with one attached hydrogen (secondary N) is 1. The highest BCUT2D eigenvalue weighted by atomic mass is 32.2. The first kappa shape index (κ1) is 24.7. The van der Waals surface area contributed by atoms with Gasteiger partial charge in [-0.05, 0) is 60.9 Å². The van der Waals surface area contributed by atoms with E-state index in [-0.39, 0.29) is 4.90 Å². The van der Waals surface area contributed by atoms with Crippen LogP contribution in [0.3, 0.4) is 0 Å². The number of benzene rings is 3. The van der Waals surface area contributed by atoms with Crippen molar-refractivity contribution >= 4 is 27.8 Å². The molecule has 0 spiro atoms. The summed E-state index contributed by atoms with van der Waals surface area (Å²) in [6, 6.07) is 20.6. The molecule has 0 aliphatic heterocycles. The highest BCUT2D eigenvalue weighted by Gasteiger charge is 2.28. The number of nitrogens with zero attached hydrogens (tertiary/aromatic N) is 2. The molecule has 0 saturated carbocycles. The zero-order valence-electron chi connectivity index (χ0n) is 19.1. The molecule has 3 aromatic rings. The lowest BCUT2D eigenvalue weighted by Gasteiger charge is -2.26. The fourth-order valence-corrected chi connectivity index (χ4v) is 4.71. The molecule has 8 heteroatoms. The van der Waals surface area contributed by atoms with Gasteiger partial charge in [0.25, 0.3) is 15.9 Å². The normalized spacial score (nSPS) is 11.2. The zero-order chi connectivity index (χ0) is 24.6. The Morgan fingerprint density at radius 2 is 1.79 bits per heavy atom. The monoisotopic (exact) mass is 477 g/mol. The van der Waals surface area contributed by atoms with Gasteiger partial charge in [0.15, 0.2) is 0 Å². The fourth-order valence-electron chi connectivity index (χ4n) is 3.21. The molecule has 1 amide bonds. The van der Waals surface area contributed by atoms with Gasteiger partial charge in [0.2, 0.25) is 0 Å². The molecule has 7 nitrogen and oxygen atoms in total. The van der Waals surface area contributed by atoms with Crippen LogP contribution in [0.2, 0.25) is 0 Å². The molecule has 0 radical (unpaired) electrons. The van der Waals surface area contributed by atoms with E-state index in [0.717, 1.165) is 15.4 Å².